The van der Waals surface area contributed by atoms with Crippen molar-refractivity contribution in [2.24, 2.45) is 0 Å². The van der Waals surface area contributed by atoms with Crippen molar-refractivity contribution in [3.63, 3.8) is 0 Å². The molecule has 0 amide bonds. The number of rotatable bonds is 5. The number of esters is 1. The van der Waals surface area contributed by atoms with Gasteiger partial charge < -0.3 is 4.74 Å². The van der Waals surface area contributed by atoms with Crippen LogP contribution in [0.25, 0.3) is 6.08 Å². The van der Waals surface area contributed by atoms with Crippen LogP contribution in [-0.2, 0) is 16.0 Å². The van der Waals surface area contributed by atoms with Crippen LogP contribution < -0.4 is 0 Å². The molecule has 3 heteroatoms. The fourth-order valence-electron chi connectivity index (χ4n) is 2.28. The quantitative estimate of drug-likeness (QED) is 0.619. The lowest BCUT2D eigenvalue weighted by atomic mass is 9.99. The van der Waals surface area contributed by atoms with Gasteiger partial charge in [-0.2, -0.15) is 0 Å². The molecule has 0 atom stereocenters. The molecule has 0 aliphatic heterocycles. The Morgan fingerprint density at radius 2 is 2.14 bits per heavy atom. The molecule has 0 saturated carbocycles. The molecular formula is C19H21NO2. The average molecular weight is 295 g/mol. The molecule has 0 saturated heterocycles. The maximum absolute atomic E-state index is 11.6. The first-order chi connectivity index (χ1) is 10.6. The zero-order valence-corrected chi connectivity index (χ0v) is 13.3. The number of carbonyl (C=O) groups is 1. The molecule has 0 bridgehead atoms. The van der Waals surface area contributed by atoms with Crippen LogP contribution in [0.15, 0.2) is 48.3 Å². The predicted octanol–water partition coefficient (Wildman–Crippen LogP) is 3.95. The Morgan fingerprint density at radius 1 is 1.32 bits per heavy atom. The maximum Gasteiger partial charge on any atom is 0.333 e. The minimum atomic E-state index is -0.264. The fraction of sp³-hybridized carbons (Fsp3) is 0.263. The second-order valence-corrected chi connectivity index (χ2v) is 5.27. The molecule has 1 aromatic carbocycles. The Bertz CT molecular complexity index is 675. The highest BCUT2D eigenvalue weighted by Crippen LogP contribution is 2.17. The summed E-state index contributed by atoms with van der Waals surface area (Å²) in [7, 11) is 0. The van der Waals surface area contributed by atoms with Gasteiger partial charge in [-0.15, -0.1) is 0 Å². The molecule has 0 spiro atoms. The van der Waals surface area contributed by atoms with Gasteiger partial charge in [0.15, 0.2) is 0 Å². The van der Waals surface area contributed by atoms with Crippen LogP contribution in [-0.4, -0.2) is 17.6 Å². The molecule has 0 aliphatic carbocycles. The Kier molecular flexibility index (Phi) is 5.48. The largest absolute Gasteiger partial charge is 0.463 e. The van der Waals surface area contributed by atoms with Crippen molar-refractivity contribution in [3.05, 3.63) is 70.6 Å². The molecule has 114 valence electrons. The summed E-state index contributed by atoms with van der Waals surface area (Å²) < 4.78 is 4.99. The zero-order chi connectivity index (χ0) is 15.9. The molecule has 0 aliphatic rings. The Morgan fingerprint density at radius 3 is 2.77 bits per heavy atom. The second kappa shape index (κ2) is 7.55. The number of carbonyl (C=O) groups excluding carboxylic acids is 1. The van der Waals surface area contributed by atoms with E-state index in [4.69, 9.17) is 4.74 Å². The lowest BCUT2D eigenvalue weighted by Gasteiger charge is -2.08. The minimum absolute atomic E-state index is 0.264. The molecule has 2 aromatic rings. The van der Waals surface area contributed by atoms with Crippen molar-refractivity contribution in [3.8, 4) is 0 Å². The lowest BCUT2D eigenvalue weighted by Crippen LogP contribution is -2.04. The lowest BCUT2D eigenvalue weighted by molar-refractivity contribution is -0.138. The SMILES string of the molecule is CCOC(=O)C(C)=Cc1ccc(Cc2cccnc2)c(C)c1. The molecule has 1 heterocycles. The van der Waals surface area contributed by atoms with E-state index in [1.807, 2.05) is 31.3 Å². The Hall–Kier alpha value is -2.42. The molecule has 0 fully saturated rings. The molecule has 0 N–H and O–H groups in total. The van der Waals surface area contributed by atoms with Gasteiger partial charge in [0.1, 0.15) is 0 Å². The Balaban J connectivity index is 2.16. The summed E-state index contributed by atoms with van der Waals surface area (Å²) in [6, 6.07) is 10.2. The van der Waals surface area contributed by atoms with Gasteiger partial charge in [-0.05, 0) is 61.6 Å². The van der Waals surface area contributed by atoms with Crippen molar-refractivity contribution in [2.45, 2.75) is 27.2 Å². The van der Waals surface area contributed by atoms with E-state index in [1.165, 1.54) is 16.7 Å². The van der Waals surface area contributed by atoms with Crippen molar-refractivity contribution < 1.29 is 9.53 Å². The third-order valence-corrected chi connectivity index (χ3v) is 3.46. The van der Waals surface area contributed by atoms with Crippen LogP contribution >= 0.6 is 0 Å². The zero-order valence-electron chi connectivity index (χ0n) is 13.3. The average Bonchev–Trinajstić information content (AvgIpc) is 2.51. The number of hydrogen-bond acceptors (Lipinski definition) is 3. The van der Waals surface area contributed by atoms with E-state index in [2.05, 4.69) is 30.1 Å². The van der Waals surface area contributed by atoms with Gasteiger partial charge in [0.05, 0.1) is 6.61 Å². The normalized spacial score (nSPS) is 11.3. The molecule has 3 nitrogen and oxygen atoms in total. The number of aryl methyl sites for hydroxylation is 1. The number of hydrogen-bond donors (Lipinski definition) is 0. The highest BCUT2D eigenvalue weighted by molar-refractivity contribution is 5.93. The molecule has 22 heavy (non-hydrogen) atoms. The van der Waals surface area contributed by atoms with Crippen LogP contribution in [0, 0.1) is 6.92 Å². The van der Waals surface area contributed by atoms with Crippen LogP contribution in [0.5, 0.6) is 0 Å². The van der Waals surface area contributed by atoms with E-state index in [-0.39, 0.29) is 5.97 Å². The van der Waals surface area contributed by atoms with E-state index in [9.17, 15) is 4.79 Å². The maximum atomic E-state index is 11.6. The number of aromatic nitrogens is 1. The molecular weight excluding hydrogens is 274 g/mol. The van der Waals surface area contributed by atoms with Crippen molar-refractivity contribution in [2.75, 3.05) is 6.61 Å². The van der Waals surface area contributed by atoms with Crippen LogP contribution in [0.3, 0.4) is 0 Å². The van der Waals surface area contributed by atoms with Crippen molar-refractivity contribution in [1.82, 2.24) is 4.98 Å². The fourth-order valence-corrected chi connectivity index (χ4v) is 2.28. The molecule has 2 rings (SSSR count). The topological polar surface area (TPSA) is 39.2 Å². The van der Waals surface area contributed by atoms with Crippen LogP contribution in [0.1, 0.15) is 36.1 Å². The number of pyridine rings is 1. The third kappa shape index (κ3) is 4.29. The van der Waals surface area contributed by atoms with Crippen LogP contribution in [0.2, 0.25) is 0 Å². The predicted molar refractivity (Wildman–Crippen MR) is 88.5 cm³/mol. The summed E-state index contributed by atoms with van der Waals surface area (Å²) in [6.07, 6.45) is 6.39. The van der Waals surface area contributed by atoms with Crippen LogP contribution in [0.4, 0.5) is 0 Å². The summed E-state index contributed by atoms with van der Waals surface area (Å²) in [6.45, 7) is 6.06. The number of benzene rings is 1. The molecule has 0 unspecified atom stereocenters. The van der Waals surface area contributed by atoms with E-state index in [1.54, 1.807) is 13.1 Å². The van der Waals surface area contributed by atoms with Gasteiger partial charge in [0.2, 0.25) is 0 Å². The second-order valence-electron chi connectivity index (χ2n) is 5.27. The minimum Gasteiger partial charge on any atom is -0.463 e. The summed E-state index contributed by atoms with van der Waals surface area (Å²) in [5.41, 5.74) is 5.28. The first-order valence-electron chi connectivity index (χ1n) is 7.44. The van der Waals surface area contributed by atoms with E-state index < -0.39 is 0 Å². The van der Waals surface area contributed by atoms with Gasteiger partial charge in [-0.25, -0.2) is 4.79 Å². The van der Waals surface area contributed by atoms with E-state index >= 15 is 0 Å². The molecule has 1 aromatic heterocycles. The third-order valence-electron chi connectivity index (χ3n) is 3.46. The molecule has 0 radical (unpaired) electrons. The van der Waals surface area contributed by atoms with Gasteiger partial charge in [-0.3, -0.25) is 4.98 Å². The summed E-state index contributed by atoms with van der Waals surface area (Å²) in [4.78, 5) is 15.8. The number of nitrogens with zero attached hydrogens (tertiary/aromatic N) is 1. The van der Waals surface area contributed by atoms with Gasteiger partial charge in [0.25, 0.3) is 0 Å². The highest BCUT2D eigenvalue weighted by Gasteiger charge is 2.06. The van der Waals surface area contributed by atoms with Gasteiger partial charge in [-0.1, -0.05) is 24.3 Å². The summed E-state index contributed by atoms with van der Waals surface area (Å²) >= 11 is 0. The Labute approximate surface area is 131 Å². The van der Waals surface area contributed by atoms with Gasteiger partial charge in [0, 0.05) is 18.0 Å². The summed E-state index contributed by atoms with van der Waals surface area (Å²) in [5.74, 6) is -0.264. The standard InChI is InChI=1S/C19H21NO2/c1-4-22-19(21)15(3)11-16-7-8-18(14(2)10-16)12-17-6-5-9-20-13-17/h5-11,13H,4,12H2,1-3H3. The van der Waals surface area contributed by atoms with E-state index in [0.717, 1.165) is 12.0 Å². The first kappa shape index (κ1) is 16.0. The number of ether oxygens (including phenoxy) is 1. The first-order valence-corrected chi connectivity index (χ1v) is 7.44. The smallest absolute Gasteiger partial charge is 0.333 e. The van der Waals surface area contributed by atoms with Crippen molar-refractivity contribution in [1.29, 1.82) is 0 Å². The van der Waals surface area contributed by atoms with Gasteiger partial charge >= 0.3 is 5.97 Å². The highest BCUT2D eigenvalue weighted by atomic mass is 16.5. The summed E-state index contributed by atoms with van der Waals surface area (Å²) in [5, 5.41) is 0. The van der Waals surface area contributed by atoms with E-state index in [0.29, 0.717) is 12.2 Å². The monoisotopic (exact) mass is 295 g/mol. The van der Waals surface area contributed by atoms with Crippen molar-refractivity contribution >= 4 is 12.0 Å².